The first-order valence-corrected chi connectivity index (χ1v) is 13.5. The van der Waals surface area contributed by atoms with Crippen LogP contribution in [0, 0.1) is 0 Å². The topological polar surface area (TPSA) is 88.8 Å². The van der Waals surface area contributed by atoms with E-state index in [1.54, 1.807) is 12.1 Å². The third kappa shape index (κ3) is 6.24. The number of hydrogen-bond acceptors (Lipinski definition) is 4. The van der Waals surface area contributed by atoms with E-state index in [0.717, 1.165) is 40.5 Å². The Bertz CT molecular complexity index is 1590. The van der Waals surface area contributed by atoms with Gasteiger partial charge in [-0.05, 0) is 53.4 Å². The van der Waals surface area contributed by atoms with Crippen molar-refractivity contribution in [2.75, 3.05) is 5.32 Å². The summed E-state index contributed by atoms with van der Waals surface area (Å²) in [5.74, 6) is 0.0100. The lowest BCUT2D eigenvalue weighted by atomic mass is 10.0. The predicted octanol–water partition coefficient (Wildman–Crippen LogP) is 7.77. The van der Waals surface area contributed by atoms with E-state index >= 15 is 0 Å². The molecule has 5 rings (SSSR count). The molecule has 1 atom stereocenters. The van der Waals surface area contributed by atoms with Crippen molar-refractivity contribution in [3.8, 4) is 16.9 Å². The Morgan fingerprint density at radius 2 is 1.50 bits per heavy atom. The Hall–Kier alpha value is -4.84. The molecule has 202 valence electrons. The van der Waals surface area contributed by atoms with Crippen LogP contribution < -0.4 is 10.1 Å². The van der Waals surface area contributed by atoms with Gasteiger partial charge in [0, 0.05) is 23.9 Å². The van der Waals surface area contributed by atoms with Crippen LogP contribution in [0.1, 0.15) is 41.4 Å². The van der Waals surface area contributed by atoms with Gasteiger partial charge in [0.1, 0.15) is 17.1 Å². The van der Waals surface area contributed by atoms with Crippen molar-refractivity contribution in [2.24, 2.45) is 0 Å². The zero-order valence-corrected chi connectivity index (χ0v) is 22.3. The Morgan fingerprint density at radius 3 is 2.17 bits per heavy atom. The predicted molar refractivity (Wildman–Crippen MR) is 157 cm³/mol. The van der Waals surface area contributed by atoms with E-state index in [4.69, 9.17) is 9.15 Å². The number of fused-ring (bicyclic) bond motifs is 1. The van der Waals surface area contributed by atoms with Crippen LogP contribution >= 0.6 is 0 Å². The highest BCUT2D eigenvalue weighted by Gasteiger charge is 2.21. The van der Waals surface area contributed by atoms with Crippen molar-refractivity contribution in [3.63, 3.8) is 0 Å². The lowest BCUT2D eigenvalue weighted by Gasteiger charge is -2.15. The molecule has 2 N–H and O–H groups in total. The number of hydrogen-bond donors (Lipinski definition) is 2. The summed E-state index contributed by atoms with van der Waals surface area (Å²) in [6.45, 7) is 2.11. The smallest absolute Gasteiger partial charge is 0.345 e. The summed E-state index contributed by atoms with van der Waals surface area (Å²) in [5.41, 5.74) is 4.80. The second-order valence-electron chi connectivity index (χ2n) is 9.69. The highest BCUT2D eigenvalue weighted by molar-refractivity contribution is 6.13. The van der Waals surface area contributed by atoms with Gasteiger partial charge in [0.05, 0.1) is 5.56 Å². The van der Waals surface area contributed by atoms with Gasteiger partial charge in [0.2, 0.25) is 0 Å². The lowest BCUT2D eigenvalue weighted by Crippen LogP contribution is -2.29. The first-order chi connectivity index (χ1) is 19.5. The van der Waals surface area contributed by atoms with Gasteiger partial charge in [-0.15, -0.1) is 0 Å². The van der Waals surface area contributed by atoms with Crippen molar-refractivity contribution in [2.45, 2.75) is 38.7 Å². The van der Waals surface area contributed by atoms with Gasteiger partial charge >= 0.3 is 5.97 Å². The van der Waals surface area contributed by atoms with Crippen LogP contribution in [0.15, 0.2) is 108 Å². The molecule has 6 heteroatoms. The van der Waals surface area contributed by atoms with Gasteiger partial charge < -0.3 is 19.6 Å². The number of rotatable bonds is 11. The van der Waals surface area contributed by atoms with E-state index in [1.165, 1.54) is 0 Å². The molecule has 1 amide bonds. The minimum absolute atomic E-state index is 0.186. The molecule has 0 radical (unpaired) electrons. The number of ether oxygens (including phenoxy) is 1. The summed E-state index contributed by atoms with van der Waals surface area (Å²) in [5, 5.41) is 13.5. The number of carbonyl (C=O) groups is 2. The number of amides is 1. The summed E-state index contributed by atoms with van der Waals surface area (Å²) in [6, 6.07) is 32.0. The molecular weight excluding hydrogens is 502 g/mol. The van der Waals surface area contributed by atoms with Crippen LogP contribution in [0.4, 0.5) is 5.69 Å². The Kier molecular flexibility index (Phi) is 8.26. The second kappa shape index (κ2) is 12.3. The molecule has 0 spiro atoms. The molecule has 1 heterocycles. The zero-order chi connectivity index (χ0) is 27.9. The number of furan rings is 1. The van der Waals surface area contributed by atoms with E-state index in [-0.39, 0.29) is 12.3 Å². The van der Waals surface area contributed by atoms with Gasteiger partial charge in [-0.25, -0.2) is 4.79 Å². The van der Waals surface area contributed by atoms with E-state index in [2.05, 4.69) is 12.2 Å². The number of carbonyl (C=O) groups excluding carboxylic acids is 1. The Morgan fingerprint density at radius 1 is 0.850 bits per heavy atom. The van der Waals surface area contributed by atoms with Crippen LogP contribution in [0.25, 0.3) is 22.1 Å². The van der Waals surface area contributed by atoms with Gasteiger partial charge in [-0.2, -0.15) is 0 Å². The Labute approximate surface area is 233 Å². The molecule has 0 saturated heterocycles. The van der Waals surface area contributed by atoms with Gasteiger partial charge in [0.25, 0.3) is 5.91 Å². The molecule has 0 unspecified atom stereocenters. The minimum Gasteiger partial charge on any atom is -0.478 e. The lowest BCUT2D eigenvalue weighted by molar-refractivity contribution is -0.145. The number of anilines is 1. The van der Waals surface area contributed by atoms with Crippen LogP contribution in [0.2, 0.25) is 0 Å². The van der Waals surface area contributed by atoms with E-state index in [9.17, 15) is 14.7 Å². The van der Waals surface area contributed by atoms with Crippen LogP contribution in [-0.4, -0.2) is 23.1 Å². The third-order valence-corrected chi connectivity index (χ3v) is 6.80. The first kappa shape index (κ1) is 26.8. The van der Waals surface area contributed by atoms with Crippen LogP contribution in [0.5, 0.6) is 5.75 Å². The Balaban J connectivity index is 1.26. The molecule has 0 aliphatic carbocycles. The summed E-state index contributed by atoms with van der Waals surface area (Å²) in [4.78, 5) is 25.0. The fourth-order valence-corrected chi connectivity index (χ4v) is 4.70. The molecule has 0 aliphatic rings. The maximum Gasteiger partial charge on any atom is 0.345 e. The highest BCUT2D eigenvalue weighted by Crippen LogP contribution is 2.29. The van der Waals surface area contributed by atoms with E-state index in [1.807, 2.05) is 91.0 Å². The van der Waals surface area contributed by atoms with Gasteiger partial charge in [-0.1, -0.05) is 86.1 Å². The van der Waals surface area contributed by atoms with Crippen molar-refractivity contribution in [1.82, 2.24) is 0 Å². The maximum absolute atomic E-state index is 13.3. The summed E-state index contributed by atoms with van der Waals surface area (Å²) < 4.78 is 11.8. The number of unbranched alkanes of at least 4 members (excludes halogenated alkanes) is 1. The standard InChI is InChI=1S/C34H31NO5/c1-2-3-12-30-32(28-11-7-8-13-29(28)40-30)33(36)35-26-18-14-24(15-19-26)25-16-20-27(21-17-25)39-31(34(37)38)22-23-9-5-4-6-10-23/h4-11,13-21,31H,2-3,12,22H2,1H3,(H,35,36)(H,37,38)/t31-/m1/s1. The average Bonchev–Trinajstić information content (AvgIpc) is 3.35. The number of carboxylic acid groups (broad SMARTS) is 1. The molecule has 40 heavy (non-hydrogen) atoms. The normalized spacial score (nSPS) is 11.7. The molecule has 5 aromatic rings. The zero-order valence-electron chi connectivity index (χ0n) is 22.3. The quantitative estimate of drug-likeness (QED) is 0.181. The van der Waals surface area contributed by atoms with Crippen LogP contribution in [-0.2, 0) is 17.6 Å². The molecule has 6 nitrogen and oxygen atoms in total. The number of nitrogens with one attached hydrogen (secondary N) is 1. The SMILES string of the molecule is CCCCc1oc2ccccc2c1C(=O)Nc1ccc(-c2ccc(O[C@H](Cc3ccccc3)C(=O)O)cc2)cc1. The number of aryl methyl sites for hydroxylation is 1. The van der Waals surface area contributed by atoms with Crippen molar-refractivity contribution < 1.29 is 23.8 Å². The second-order valence-corrected chi connectivity index (χ2v) is 9.69. The molecule has 4 aromatic carbocycles. The average molecular weight is 534 g/mol. The molecule has 0 saturated carbocycles. The van der Waals surface area contributed by atoms with Crippen molar-refractivity contribution in [1.29, 1.82) is 0 Å². The highest BCUT2D eigenvalue weighted by atomic mass is 16.5. The molecule has 0 aliphatic heterocycles. The number of carboxylic acids is 1. The fraction of sp³-hybridized carbons (Fsp3) is 0.176. The third-order valence-electron chi connectivity index (χ3n) is 6.80. The van der Waals surface area contributed by atoms with E-state index in [0.29, 0.717) is 29.2 Å². The van der Waals surface area contributed by atoms with Gasteiger partial charge in [-0.3, -0.25) is 4.79 Å². The monoisotopic (exact) mass is 533 g/mol. The number of benzene rings is 4. The number of aliphatic carboxylic acids is 1. The molecular formula is C34H31NO5. The van der Waals surface area contributed by atoms with Crippen molar-refractivity contribution in [3.05, 3.63) is 120 Å². The van der Waals surface area contributed by atoms with Crippen LogP contribution in [0.3, 0.4) is 0 Å². The van der Waals surface area contributed by atoms with E-state index < -0.39 is 12.1 Å². The summed E-state index contributed by atoms with van der Waals surface area (Å²) >= 11 is 0. The minimum atomic E-state index is -1.01. The molecule has 0 bridgehead atoms. The fourth-order valence-electron chi connectivity index (χ4n) is 4.70. The summed E-state index contributed by atoms with van der Waals surface area (Å²) in [7, 11) is 0. The largest absolute Gasteiger partial charge is 0.478 e. The van der Waals surface area contributed by atoms with Crippen molar-refractivity contribution >= 4 is 28.5 Å². The maximum atomic E-state index is 13.3. The molecule has 0 fully saturated rings. The summed E-state index contributed by atoms with van der Waals surface area (Å²) in [6.07, 6.45) is 1.97. The number of para-hydroxylation sites is 1. The van der Waals surface area contributed by atoms with Gasteiger partial charge in [0.15, 0.2) is 6.10 Å². The first-order valence-electron chi connectivity index (χ1n) is 13.5. The molecule has 1 aromatic heterocycles.